The van der Waals surface area contributed by atoms with Crippen LogP contribution >= 0.6 is 12.4 Å². The number of amides is 1. The molecular formula is C21H24ClN5O2. The van der Waals surface area contributed by atoms with E-state index in [0.717, 1.165) is 11.1 Å². The molecule has 0 aliphatic carbocycles. The van der Waals surface area contributed by atoms with Gasteiger partial charge in [0.2, 0.25) is 0 Å². The highest BCUT2D eigenvalue weighted by Gasteiger charge is 2.22. The van der Waals surface area contributed by atoms with Gasteiger partial charge in [-0.25, -0.2) is 0 Å². The highest BCUT2D eigenvalue weighted by atomic mass is 35.5. The zero-order valence-corrected chi connectivity index (χ0v) is 16.9. The number of nitrogens with two attached hydrogens (primary N) is 1. The van der Waals surface area contributed by atoms with Crippen molar-refractivity contribution in [3.63, 3.8) is 0 Å². The number of benzene rings is 2. The zero-order chi connectivity index (χ0) is 19.9. The standard InChI is InChI=1S/C21H23N5O2.ClH/c1-28-19(18-11-12-26(25-18)14-16-5-3-2-4-6-16)21(27)24-13-15-7-9-17(10-8-15)20(22)23;/h2-12,19H,13-14H2,1H3,(H3,22,23)(H,24,27);1H/t19-;/m0./s1. The number of nitrogen functional groups attached to an aromatic ring is 1. The van der Waals surface area contributed by atoms with Crippen LogP contribution in [0.5, 0.6) is 0 Å². The third kappa shape index (κ3) is 5.91. The molecule has 152 valence electrons. The third-order valence-corrected chi connectivity index (χ3v) is 4.32. The molecule has 1 atom stereocenters. The fraction of sp³-hybridized carbons (Fsp3) is 0.190. The lowest BCUT2D eigenvalue weighted by atomic mass is 10.1. The van der Waals surface area contributed by atoms with Crippen molar-refractivity contribution in [2.45, 2.75) is 19.2 Å². The van der Waals surface area contributed by atoms with Crippen molar-refractivity contribution < 1.29 is 9.53 Å². The summed E-state index contributed by atoms with van der Waals surface area (Å²) in [7, 11) is 1.49. The number of hydrogen-bond acceptors (Lipinski definition) is 4. The molecule has 0 bridgehead atoms. The summed E-state index contributed by atoms with van der Waals surface area (Å²) in [4.78, 5) is 12.6. The topological polar surface area (TPSA) is 106 Å². The Labute approximate surface area is 175 Å². The number of methoxy groups -OCH3 is 1. The Hall–Kier alpha value is -3.16. The van der Waals surface area contributed by atoms with Crippen LogP contribution in [0.1, 0.15) is 28.5 Å². The average Bonchev–Trinajstić information content (AvgIpc) is 3.16. The van der Waals surface area contributed by atoms with E-state index in [9.17, 15) is 4.79 Å². The lowest BCUT2D eigenvalue weighted by Gasteiger charge is -2.13. The highest BCUT2D eigenvalue weighted by Crippen LogP contribution is 2.15. The Balaban J connectivity index is 0.00000300. The minimum absolute atomic E-state index is 0. The van der Waals surface area contributed by atoms with Crippen molar-refractivity contribution in [3.8, 4) is 0 Å². The lowest BCUT2D eigenvalue weighted by Crippen LogP contribution is -2.30. The Morgan fingerprint density at radius 1 is 1.14 bits per heavy atom. The molecule has 0 aliphatic heterocycles. The van der Waals surface area contributed by atoms with Gasteiger partial charge in [-0.3, -0.25) is 14.9 Å². The van der Waals surface area contributed by atoms with E-state index in [1.807, 2.05) is 48.7 Å². The molecule has 0 radical (unpaired) electrons. The van der Waals surface area contributed by atoms with E-state index in [1.54, 1.807) is 22.9 Å². The predicted octanol–water partition coefficient (Wildman–Crippen LogP) is 2.64. The summed E-state index contributed by atoms with van der Waals surface area (Å²) in [5.41, 5.74) is 8.69. The Kier molecular flexibility index (Phi) is 7.94. The molecule has 7 nitrogen and oxygen atoms in total. The first-order valence-electron chi connectivity index (χ1n) is 8.88. The van der Waals surface area contributed by atoms with E-state index in [2.05, 4.69) is 10.4 Å². The maximum absolute atomic E-state index is 12.6. The summed E-state index contributed by atoms with van der Waals surface area (Å²) in [6.45, 7) is 0.975. The molecule has 0 unspecified atom stereocenters. The summed E-state index contributed by atoms with van der Waals surface area (Å²) >= 11 is 0. The molecule has 4 N–H and O–H groups in total. The maximum Gasteiger partial charge on any atom is 0.255 e. The van der Waals surface area contributed by atoms with E-state index in [-0.39, 0.29) is 24.1 Å². The van der Waals surface area contributed by atoms with Gasteiger partial charge in [0, 0.05) is 25.4 Å². The minimum atomic E-state index is -0.784. The summed E-state index contributed by atoms with van der Waals surface area (Å²) in [6.07, 6.45) is 1.05. The summed E-state index contributed by atoms with van der Waals surface area (Å²) in [5, 5.41) is 14.7. The molecule has 3 aromatic rings. The number of halogens is 1. The monoisotopic (exact) mass is 413 g/mol. The number of rotatable bonds is 8. The van der Waals surface area contributed by atoms with Gasteiger partial charge in [-0.15, -0.1) is 12.4 Å². The second-order valence-corrected chi connectivity index (χ2v) is 6.37. The lowest BCUT2D eigenvalue weighted by molar-refractivity contribution is -0.131. The third-order valence-electron chi connectivity index (χ3n) is 4.32. The van der Waals surface area contributed by atoms with Crippen LogP contribution in [0.4, 0.5) is 0 Å². The van der Waals surface area contributed by atoms with Gasteiger partial charge in [0.1, 0.15) is 11.5 Å². The number of nitrogens with zero attached hydrogens (tertiary/aromatic N) is 2. The molecule has 0 saturated carbocycles. The van der Waals surface area contributed by atoms with E-state index in [0.29, 0.717) is 24.3 Å². The second kappa shape index (κ2) is 10.4. The molecule has 3 rings (SSSR count). The molecule has 29 heavy (non-hydrogen) atoms. The fourth-order valence-electron chi connectivity index (χ4n) is 2.82. The van der Waals surface area contributed by atoms with Crippen molar-refractivity contribution in [1.29, 1.82) is 5.41 Å². The summed E-state index contributed by atoms with van der Waals surface area (Å²) in [5.74, 6) is -0.246. The molecule has 0 spiro atoms. The van der Waals surface area contributed by atoms with Gasteiger partial charge in [-0.05, 0) is 17.2 Å². The van der Waals surface area contributed by atoms with Crippen LogP contribution < -0.4 is 11.1 Å². The molecule has 0 fully saturated rings. The smallest absolute Gasteiger partial charge is 0.255 e. The van der Waals surface area contributed by atoms with Gasteiger partial charge in [0.25, 0.3) is 5.91 Å². The summed E-state index contributed by atoms with van der Waals surface area (Å²) in [6, 6.07) is 18.9. The highest BCUT2D eigenvalue weighted by molar-refractivity contribution is 5.94. The molecule has 0 aliphatic rings. The van der Waals surface area contributed by atoms with Crippen molar-refractivity contribution in [2.24, 2.45) is 5.73 Å². The molecular weight excluding hydrogens is 390 g/mol. The number of carbonyl (C=O) groups excluding carboxylic acids is 1. The van der Waals surface area contributed by atoms with Crippen molar-refractivity contribution >= 4 is 24.1 Å². The van der Waals surface area contributed by atoms with Crippen molar-refractivity contribution in [1.82, 2.24) is 15.1 Å². The van der Waals surface area contributed by atoms with Gasteiger partial charge in [-0.1, -0.05) is 54.6 Å². The molecule has 0 saturated heterocycles. The first-order chi connectivity index (χ1) is 13.6. The normalized spacial score (nSPS) is 11.3. The molecule has 1 amide bonds. The number of aromatic nitrogens is 2. The van der Waals surface area contributed by atoms with Crippen LogP contribution in [0.3, 0.4) is 0 Å². The largest absolute Gasteiger partial charge is 0.384 e. The van der Waals surface area contributed by atoms with Crippen LogP contribution in [0.25, 0.3) is 0 Å². The second-order valence-electron chi connectivity index (χ2n) is 6.37. The number of hydrogen-bond donors (Lipinski definition) is 3. The molecule has 1 heterocycles. The number of carbonyl (C=O) groups is 1. The van der Waals surface area contributed by atoms with Gasteiger partial charge >= 0.3 is 0 Å². The van der Waals surface area contributed by atoms with E-state index in [4.69, 9.17) is 15.9 Å². The van der Waals surface area contributed by atoms with Gasteiger partial charge in [-0.2, -0.15) is 5.10 Å². The van der Waals surface area contributed by atoms with Crippen LogP contribution in [-0.2, 0) is 22.6 Å². The van der Waals surface area contributed by atoms with Gasteiger partial charge in [0.15, 0.2) is 6.10 Å². The zero-order valence-electron chi connectivity index (χ0n) is 16.0. The van der Waals surface area contributed by atoms with Crippen LogP contribution in [0.15, 0.2) is 66.9 Å². The quantitative estimate of drug-likeness (QED) is 0.390. The van der Waals surface area contributed by atoms with Crippen LogP contribution in [0, 0.1) is 5.41 Å². The molecule has 8 heteroatoms. The summed E-state index contributed by atoms with van der Waals surface area (Å²) < 4.78 is 7.15. The Morgan fingerprint density at radius 3 is 2.45 bits per heavy atom. The maximum atomic E-state index is 12.6. The first-order valence-corrected chi connectivity index (χ1v) is 8.88. The Bertz CT molecular complexity index is 941. The number of nitrogens with one attached hydrogen (secondary N) is 2. The first kappa shape index (κ1) is 22.1. The predicted molar refractivity (Wildman–Crippen MR) is 114 cm³/mol. The fourth-order valence-corrected chi connectivity index (χ4v) is 2.82. The van der Waals surface area contributed by atoms with Crippen LogP contribution in [0.2, 0.25) is 0 Å². The average molecular weight is 414 g/mol. The van der Waals surface area contributed by atoms with Gasteiger partial charge < -0.3 is 15.8 Å². The van der Waals surface area contributed by atoms with Crippen molar-refractivity contribution in [3.05, 3.63) is 89.2 Å². The SMILES string of the molecule is CO[C@H](C(=O)NCc1ccc(C(=N)N)cc1)c1ccn(Cc2ccccc2)n1.Cl. The molecule has 1 aromatic heterocycles. The van der Waals surface area contributed by atoms with E-state index < -0.39 is 6.10 Å². The van der Waals surface area contributed by atoms with Crippen molar-refractivity contribution in [2.75, 3.05) is 7.11 Å². The minimum Gasteiger partial charge on any atom is -0.384 e. The number of amidine groups is 1. The van der Waals surface area contributed by atoms with Crippen LogP contribution in [-0.4, -0.2) is 28.6 Å². The molecule has 2 aromatic carbocycles. The number of ether oxygens (including phenoxy) is 1. The van der Waals surface area contributed by atoms with E-state index >= 15 is 0 Å². The van der Waals surface area contributed by atoms with Gasteiger partial charge in [0.05, 0.1) is 6.54 Å². The Morgan fingerprint density at radius 2 is 1.83 bits per heavy atom. The van der Waals surface area contributed by atoms with E-state index in [1.165, 1.54) is 7.11 Å².